The number of nitrogens with zero attached hydrogens (tertiary/aromatic N) is 3. The van der Waals surface area contributed by atoms with Crippen LogP contribution < -0.4 is 31.1 Å². The third-order valence-electron chi connectivity index (χ3n) is 19.6. The molecule has 0 saturated heterocycles. The van der Waals surface area contributed by atoms with Gasteiger partial charge in [-0.3, -0.25) is 0 Å². The highest BCUT2D eigenvalue weighted by Gasteiger charge is 2.49. The molecule has 5 heteroatoms. The number of anilines is 9. The largest absolute Gasteiger partial charge is 0.456 e. The van der Waals surface area contributed by atoms with Crippen LogP contribution in [0, 0.1) is 6.92 Å². The second kappa shape index (κ2) is 17.5. The summed E-state index contributed by atoms with van der Waals surface area (Å²) in [5.74, 6) is 0. The summed E-state index contributed by atoms with van der Waals surface area (Å²) in [5, 5.41) is 2.26. The fraction of sp³-hybridized carbons (Fsp3) is 0.368. The quantitative estimate of drug-likeness (QED) is 0.160. The maximum atomic E-state index is 6.76. The number of fused-ring (bicyclic) bond motifs is 9. The SMILES string of the molecule is Cc1cc2c3c(c1)N(c1ccc4c(c1)C(C)(C)CCC4(C)C)c1cc4c(cc1B3c1ccc(N(c3ccc(C(C)(C)C)cc3)c3ccc(C(C)(C)C)cc3)cc1N2c1ccc2oc3cc(C(C)(C)C)ccc3c2c1)C(C)(C)CC4(C)C. The Morgan fingerprint density at radius 2 is 0.901 bits per heavy atom. The van der Waals surface area contributed by atoms with Gasteiger partial charge in [0.1, 0.15) is 11.2 Å². The van der Waals surface area contributed by atoms with E-state index in [4.69, 9.17) is 4.42 Å². The second-order valence-electron chi connectivity index (χ2n) is 30.6. The third kappa shape index (κ3) is 8.51. The van der Waals surface area contributed by atoms with E-state index < -0.39 is 0 Å². The Morgan fingerprint density at radius 3 is 1.48 bits per heavy atom. The van der Waals surface area contributed by atoms with Crippen molar-refractivity contribution in [2.75, 3.05) is 14.7 Å². The Bertz CT molecular complexity index is 3990. The minimum absolute atomic E-state index is 0.00405. The predicted molar refractivity (Wildman–Crippen MR) is 349 cm³/mol. The minimum Gasteiger partial charge on any atom is -0.456 e. The van der Waals surface area contributed by atoms with E-state index in [0.717, 1.165) is 57.5 Å². The molecule has 0 bridgehead atoms. The fourth-order valence-electron chi connectivity index (χ4n) is 15.0. The zero-order valence-corrected chi connectivity index (χ0v) is 51.8. The second-order valence-corrected chi connectivity index (χ2v) is 30.6. The van der Waals surface area contributed by atoms with E-state index >= 15 is 0 Å². The van der Waals surface area contributed by atoms with Crippen LogP contribution in [0.15, 0.2) is 150 Å². The summed E-state index contributed by atoms with van der Waals surface area (Å²) in [6, 6.07) is 57.5. The van der Waals surface area contributed by atoms with Crippen LogP contribution in [0.2, 0.25) is 0 Å². The van der Waals surface area contributed by atoms with Crippen LogP contribution in [0.5, 0.6) is 0 Å². The van der Waals surface area contributed by atoms with Crippen molar-refractivity contribution in [3.63, 3.8) is 0 Å². The molecule has 0 N–H and O–H groups in total. The lowest BCUT2D eigenvalue weighted by Gasteiger charge is -2.46. The van der Waals surface area contributed by atoms with Crippen molar-refractivity contribution >= 4 is 96.2 Å². The standard InChI is InChI=1S/C76H84BN3O/c1-46-37-65-69-66(38-46)80(53-28-32-57-58(41-53)74(13,14)36-35-73(57,11)12)64-44-60-59(75(15,16)45-76(60,17)18)43-62(64)77(69)61-33-29-54(78(50-24-19-47(20-25-50)70(2,3)4)51-26-21-48(22-27-51)71(5,6)7)42-63(61)79(65)52-30-34-67-56(40-52)55-31-23-49(72(8,9)10)39-68(55)81-67/h19-34,37-44H,35-36,45H2,1-18H3. The molecule has 0 amide bonds. The number of aryl methyl sites for hydroxylation is 1. The molecule has 3 heterocycles. The van der Waals surface area contributed by atoms with Crippen molar-refractivity contribution in [1.29, 1.82) is 0 Å². The molecule has 0 atom stereocenters. The number of benzene rings is 8. The van der Waals surface area contributed by atoms with E-state index in [1.54, 1.807) is 0 Å². The van der Waals surface area contributed by atoms with E-state index in [-0.39, 0.29) is 44.6 Å². The van der Waals surface area contributed by atoms with Crippen LogP contribution in [0.1, 0.15) is 181 Å². The van der Waals surface area contributed by atoms with Gasteiger partial charge in [0.05, 0.1) is 0 Å². The van der Waals surface area contributed by atoms with Crippen LogP contribution in [-0.4, -0.2) is 6.71 Å². The lowest BCUT2D eigenvalue weighted by molar-refractivity contribution is 0.332. The maximum absolute atomic E-state index is 6.76. The van der Waals surface area contributed by atoms with E-state index in [1.807, 2.05) is 0 Å². The fourth-order valence-corrected chi connectivity index (χ4v) is 15.0. The van der Waals surface area contributed by atoms with E-state index in [2.05, 4.69) is 285 Å². The van der Waals surface area contributed by atoms with E-state index in [0.29, 0.717) is 0 Å². The number of hydrogen-bond donors (Lipinski definition) is 0. The van der Waals surface area contributed by atoms with Gasteiger partial charge in [-0.1, -0.05) is 172 Å². The summed E-state index contributed by atoms with van der Waals surface area (Å²) in [4.78, 5) is 7.76. The number of rotatable bonds is 5. The lowest BCUT2D eigenvalue weighted by atomic mass is 9.33. The molecule has 8 aromatic carbocycles. The van der Waals surface area contributed by atoms with Crippen LogP contribution in [0.3, 0.4) is 0 Å². The highest BCUT2D eigenvalue weighted by atomic mass is 16.3. The van der Waals surface area contributed by atoms with Gasteiger partial charge in [0.15, 0.2) is 0 Å². The first kappa shape index (κ1) is 53.3. The van der Waals surface area contributed by atoms with E-state index in [1.165, 1.54) is 95.8 Å². The van der Waals surface area contributed by atoms with Crippen LogP contribution in [-0.2, 0) is 37.9 Å². The minimum atomic E-state index is -0.0418. The normalized spacial score (nSPS) is 17.4. The van der Waals surface area contributed by atoms with Crippen LogP contribution in [0.4, 0.5) is 51.2 Å². The first-order chi connectivity index (χ1) is 37.9. The summed E-state index contributed by atoms with van der Waals surface area (Å²) in [6.07, 6.45) is 3.44. The molecule has 13 rings (SSSR count). The van der Waals surface area contributed by atoms with Crippen molar-refractivity contribution in [3.8, 4) is 0 Å². The lowest BCUT2D eigenvalue weighted by Crippen LogP contribution is -2.61. The van der Waals surface area contributed by atoms with Gasteiger partial charge >= 0.3 is 0 Å². The van der Waals surface area contributed by atoms with Gasteiger partial charge in [0.2, 0.25) is 0 Å². The molecular weight excluding hydrogens is 982 g/mol. The summed E-state index contributed by atoms with van der Waals surface area (Å²) < 4.78 is 6.76. The molecule has 0 radical (unpaired) electrons. The Morgan fingerprint density at radius 1 is 0.407 bits per heavy atom. The van der Waals surface area contributed by atoms with Crippen molar-refractivity contribution in [1.82, 2.24) is 0 Å². The molecule has 0 fully saturated rings. The molecule has 2 aliphatic heterocycles. The first-order valence-corrected chi connectivity index (χ1v) is 30.1. The molecule has 2 aliphatic carbocycles. The van der Waals surface area contributed by atoms with Crippen molar-refractivity contribution < 1.29 is 4.42 Å². The van der Waals surface area contributed by atoms with Crippen molar-refractivity contribution in [2.24, 2.45) is 0 Å². The van der Waals surface area contributed by atoms with Gasteiger partial charge in [0.25, 0.3) is 6.71 Å². The summed E-state index contributed by atoms with van der Waals surface area (Å²) >= 11 is 0. The summed E-state index contributed by atoms with van der Waals surface area (Å²) in [7, 11) is 0. The predicted octanol–water partition coefficient (Wildman–Crippen LogP) is 19.6. The summed E-state index contributed by atoms with van der Waals surface area (Å²) in [5.41, 5.74) is 27.8. The van der Waals surface area contributed by atoms with E-state index in [9.17, 15) is 0 Å². The molecule has 4 nitrogen and oxygen atoms in total. The first-order valence-electron chi connectivity index (χ1n) is 30.1. The van der Waals surface area contributed by atoms with Gasteiger partial charge in [-0.2, -0.15) is 0 Å². The Balaban J connectivity index is 1.10. The smallest absolute Gasteiger partial charge is 0.252 e. The van der Waals surface area contributed by atoms with Crippen molar-refractivity contribution in [3.05, 3.63) is 190 Å². The maximum Gasteiger partial charge on any atom is 0.252 e. The molecule has 9 aromatic rings. The molecular formula is C76H84BN3O. The van der Waals surface area contributed by atoms with Crippen LogP contribution in [0.25, 0.3) is 21.9 Å². The third-order valence-corrected chi connectivity index (χ3v) is 19.6. The molecule has 81 heavy (non-hydrogen) atoms. The molecule has 0 saturated carbocycles. The van der Waals surface area contributed by atoms with Crippen molar-refractivity contribution in [2.45, 2.75) is 182 Å². The molecule has 0 unspecified atom stereocenters. The zero-order chi connectivity index (χ0) is 57.5. The van der Waals surface area contributed by atoms with Gasteiger partial charge in [-0.05, 0) is 216 Å². The van der Waals surface area contributed by atoms with Gasteiger partial charge in [0, 0.05) is 62.0 Å². The molecule has 1 aromatic heterocycles. The zero-order valence-electron chi connectivity index (χ0n) is 51.8. The molecule has 412 valence electrons. The van der Waals surface area contributed by atoms with Gasteiger partial charge in [-0.15, -0.1) is 0 Å². The highest BCUT2D eigenvalue weighted by molar-refractivity contribution is 7.00. The Labute approximate surface area is 484 Å². The number of furan rings is 1. The average molecular weight is 1070 g/mol. The number of hydrogen-bond acceptors (Lipinski definition) is 4. The Kier molecular flexibility index (Phi) is 11.5. The van der Waals surface area contributed by atoms with Crippen LogP contribution >= 0.6 is 0 Å². The highest BCUT2D eigenvalue weighted by Crippen LogP contribution is 2.55. The van der Waals surface area contributed by atoms with Gasteiger partial charge in [-0.25, -0.2) is 0 Å². The monoisotopic (exact) mass is 1070 g/mol. The average Bonchev–Trinajstić information content (AvgIpc) is 4.02. The topological polar surface area (TPSA) is 22.9 Å². The molecule has 0 spiro atoms. The van der Waals surface area contributed by atoms with Gasteiger partial charge < -0.3 is 19.1 Å². The summed E-state index contributed by atoms with van der Waals surface area (Å²) in [6.45, 7) is 42.6. The Hall–Kier alpha value is -6.98. The molecule has 4 aliphatic rings.